The lowest BCUT2D eigenvalue weighted by molar-refractivity contribution is 0.208. The van der Waals surface area contributed by atoms with Crippen LogP contribution < -0.4 is 5.56 Å². The number of benzene rings is 2. The molecule has 1 aliphatic rings. The van der Waals surface area contributed by atoms with Crippen molar-refractivity contribution in [1.29, 1.82) is 0 Å². The number of hydrogen-bond acceptors (Lipinski definition) is 3. The average molecular weight is 369 g/mol. The lowest BCUT2D eigenvalue weighted by Gasteiger charge is -2.29. The molecular formula is C21H24FN3O2. The van der Waals surface area contributed by atoms with Gasteiger partial charge < -0.3 is 10.4 Å². The normalized spacial score (nSPS) is 15.6. The molecule has 1 aromatic heterocycles. The van der Waals surface area contributed by atoms with E-state index in [0.29, 0.717) is 11.8 Å². The van der Waals surface area contributed by atoms with Gasteiger partial charge in [0.15, 0.2) is 0 Å². The van der Waals surface area contributed by atoms with E-state index >= 15 is 0 Å². The second kappa shape index (κ2) is 7.98. The standard InChI is InChI=1S/C21H22FN3O.H2O/c1-24-12-10-17(11-13-24)25-21(26)19-5-3-2-4-18(19)20(23-25)14-15-6-8-16(22)9-7-15;/h2-9,17H,10-14H2,1H3;1H2. The lowest BCUT2D eigenvalue weighted by Crippen LogP contribution is -2.37. The van der Waals surface area contributed by atoms with Crippen LogP contribution in [-0.2, 0) is 6.42 Å². The average Bonchev–Trinajstić information content (AvgIpc) is 2.67. The Balaban J connectivity index is 0.00000210. The fourth-order valence-electron chi connectivity index (χ4n) is 3.69. The Labute approximate surface area is 157 Å². The number of fused-ring (bicyclic) bond motifs is 1. The van der Waals surface area contributed by atoms with Gasteiger partial charge in [0.25, 0.3) is 5.56 Å². The van der Waals surface area contributed by atoms with Crippen molar-refractivity contribution in [2.45, 2.75) is 25.3 Å². The third kappa shape index (κ3) is 3.91. The van der Waals surface area contributed by atoms with E-state index in [-0.39, 0.29) is 22.9 Å². The molecule has 2 heterocycles. The second-order valence-electron chi connectivity index (χ2n) is 7.08. The maximum Gasteiger partial charge on any atom is 0.274 e. The molecule has 0 radical (unpaired) electrons. The highest BCUT2D eigenvalue weighted by Gasteiger charge is 2.22. The molecule has 0 amide bonds. The second-order valence-corrected chi connectivity index (χ2v) is 7.08. The molecule has 1 fully saturated rings. The number of hydrogen-bond donors (Lipinski definition) is 0. The van der Waals surface area contributed by atoms with E-state index in [2.05, 4.69) is 11.9 Å². The van der Waals surface area contributed by atoms with E-state index in [1.54, 1.807) is 16.8 Å². The highest BCUT2D eigenvalue weighted by molar-refractivity contribution is 5.83. The maximum atomic E-state index is 13.2. The maximum absolute atomic E-state index is 13.2. The molecule has 5 nitrogen and oxygen atoms in total. The molecule has 0 bridgehead atoms. The summed E-state index contributed by atoms with van der Waals surface area (Å²) in [6.07, 6.45) is 2.43. The fourth-order valence-corrected chi connectivity index (χ4v) is 3.69. The summed E-state index contributed by atoms with van der Waals surface area (Å²) in [6, 6.07) is 14.3. The van der Waals surface area contributed by atoms with Crippen molar-refractivity contribution < 1.29 is 9.87 Å². The predicted molar refractivity (Wildman–Crippen MR) is 105 cm³/mol. The number of rotatable bonds is 3. The van der Waals surface area contributed by atoms with Crippen molar-refractivity contribution in [2.24, 2.45) is 0 Å². The first-order valence-electron chi connectivity index (χ1n) is 9.05. The summed E-state index contributed by atoms with van der Waals surface area (Å²) in [5.41, 5.74) is 1.83. The molecule has 3 aromatic rings. The Morgan fingerprint density at radius 2 is 1.67 bits per heavy atom. The molecule has 1 aliphatic heterocycles. The first-order valence-corrected chi connectivity index (χ1v) is 9.05. The molecule has 0 unspecified atom stereocenters. The van der Waals surface area contributed by atoms with Crippen molar-refractivity contribution in [3.8, 4) is 0 Å². The van der Waals surface area contributed by atoms with Crippen molar-refractivity contribution in [3.05, 3.63) is 76.0 Å². The van der Waals surface area contributed by atoms with E-state index in [1.807, 2.05) is 24.3 Å². The SMILES string of the molecule is CN1CCC(n2nc(Cc3ccc(F)cc3)c3ccccc3c2=O)CC1.O. The molecular weight excluding hydrogens is 345 g/mol. The number of likely N-dealkylation sites (tertiary alicyclic amines) is 1. The lowest BCUT2D eigenvalue weighted by atomic mass is 10.0. The molecule has 4 rings (SSSR count). The van der Waals surface area contributed by atoms with Crippen molar-refractivity contribution in [3.63, 3.8) is 0 Å². The summed E-state index contributed by atoms with van der Waals surface area (Å²) >= 11 is 0. The van der Waals surface area contributed by atoms with Crippen LogP contribution in [0.5, 0.6) is 0 Å². The zero-order valence-corrected chi connectivity index (χ0v) is 15.4. The van der Waals surface area contributed by atoms with Gasteiger partial charge in [0.1, 0.15) is 5.82 Å². The van der Waals surface area contributed by atoms with Crippen LogP contribution in [0.15, 0.2) is 53.3 Å². The van der Waals surface area contributed by atoms with Crippen molar-refractivity contribution >= 4 is 10.8 Å². The van der Waals surface area contributed by atoms with Crippen LogP contribution in [-0.4, -0.2) is 40.3 Å². The monoisotopic (exact) mass is 369 g/mol. The van der Waals surface area contributed by atoms with Gasteiger partial charge in [-0.05, 0) is 56.7 Å². The summed E-state index contributed by atoms with van der Waals surface area (Å²) in [5, 5.41) is 6.35. The van der Waals surface area contributed by atoms with Gasteiger partial charge in [-0.2, -0.15) is 5.10 Å². The Morgan fingerprint density at radius 1 is 1.04 bits per heavy atom. The summed E-state index contributed by atoms with van der Waals surface area (Å²) in [6.45, 7) is 1.94. The third-order valence-electron chi connectivity index (χ3n) is 5.22. The summed E-state index contributed by atoms with van der Waals surface area (Å²) in [7, 11) is 2.10. The molecule has 6 heteroatoms. The Hall–Kier alpha value is -2.57. The highest BCUT2D eigenvalue weighted by atomic mass is 19.1. The topological polar surface area (TPSA) is 69.6 Å². The minimum atomic E-state index is -0.247. The Kier molecular flexibility index (Phi) is 5.68. The minimum Gasteiger partial charge on any atom is -0.412 e. The molecule has 2 aromatic carbocycles. The van der Waals surface area contributed by atoms with Crippen molar-refractivity contribution in [1.82, 2.24) is 14.7 Å². The largest absolute Gasteiger partial charge is 0.412 e. The molecule has 0 saturated carbocycles. The summed E-state index contributed by atoms with van der Waals surface area (Å²) in [5.74, 6) is -0.247. The zero-order valence-electron chi connectivity index (χ0n) is 15.4. The zero-order chi connectivity index (χ0) is 18.1. The fraction of sp³-hybridized carbons (Fsp3) is 0.333. The van der Waals surface area contributed by atoms with Crippen molar-refractivity contribution in [2.75, 3.05) is 20.1 Å². The summed E-state index contributed by atoms with van der Waals surface area (Å²) in [4.78, 5) is 15.3. The van der Waals surface area contributed by atoms with Gasteiger partial charge in [-0.3, -0.25) is 4.79 Å². The van der Waals surface area contributed by atoms with Gasteiger partial charge >= 0.3 is 0 Å². The van der Waals surface area contributed by atoms with E-state index in [9.17, 15) is 9.18 Å². The number of piperidine rings is 1. The van der Waals surface area contributed by atoms with Gasteiger partial charge in [0, 0.05) is 11.8 Å². The van der Waals surface area contributed by atoms with Crippen LogP contribution in [0.4, 0.5) is 4.39 Å². The van der Waals surface area contributed by atoms with Crippen LogP contribution in [0.1, 0.15) is 30.1 Å². The van der Waals surface area contributed by atoms with Gasteiger partial charge in [0.05, 0.1) is 17.1 Å². The minimum absolute atomic E-state index is 0. The van der Waals surface area contributed by atoms with E-state index < -0.39 is 0 Å². The number of nitrogens with zero attached hydrogens (tertiary/aromatic N) is 3. The molecule has 0 spiro atoms. The molecule has 1 saturated heterocycles. The van der Waals surface area contributed by atoms with Crippen LogP contribution in [0.25, 0.3) is 10.8 Å². The molecule has 0 aliphatic carbocycles. The van der Waals surface area contributed by atoms with Gasteiger partial charge in [-0.25, -0.2) is 9.07 Å². The van der Waals surface area contributed by atoms with Gasteiger partial charge in [0.2, 0.25) is 0 Å². The number of halogens is 1. The molecule has 27 heavy (non-hydrogen) atoms. The van der Waals surface area contributed by atoms with E-state index in [0.717, 1.165) is 42.6 Å². The first-order chi connectivity index (χ1) is 12.6. The van der Waals surface area contributed by atoms with Crippen LogP contribution in [0.2, 0.25) is 0 Å². The Morgan fingerprint density at radius 3 is 2.33 bits per heavy atom. The molecule has 2 N–H and O–H groups in total. The van der Waals surface area contributed by atoms with Crippen LogP contribution in [0, 0.1) is 5.82 Å². The first kappa shape index (κ1) is 19.2. The van der Waals surface area contributed by atoms with E-state index in [4.69, 9.17) is 5.10 Å². The van der Waals surface area contributed by atoms with E-state index in [1.165, 1.54) is 12.1 Å². The third-order valence-corrected chi connectivity index (χ3v) is 5.22. The predicted octanol–water partition coefficient (Wildman–Crippen LogP) is 2.57. The molecule has 0 atom stereocenters. The Bertz CT molecular complexity index is 977. The quantitative estimate of drug-likeness (QED) is 0.712. The van der Waals surface area contributed by atoms with Crippen LogP contribution in [0.3, 0.4) is 0 Å². The number of aromatic nitrogens is 2. The smallest absolute Gasteiger partial charge is 0.274 e. The summed E-state index contributed by atoms with van der Waals surface area (Å²) < 4.78 is 14.9. The van der Waals surface area contributed by atoms with Gasteiger partial charge in [-0.1, -0.05) is 30.3 Å². The molecule has 142 valence electrons. The van der Waals surface area contributed by atoms with Crippen LogP contribution >= 0.6 is 0 Å². The highest BCUT2D eigenvalue weighted by Crippen LogP contribution is 2.23. The van der Waals surface area contributed by atoms with Gasteiger partial charge in [-0.15, -0.1) is 0 Å².